The van der Waals surface area contributed by atoms with Crippen LogP contribution in [0, 0.1) is 5.92 Å². The third kappa shape index (κ3) is 4.74. The van der Waals surface area contributed by atoms with Crippen molar-refractivity contribution in [1.82, 2.24) is 15.0 Å². The Morgan fingerprint density at radius 2 is 2.11 bits per heavy atom. The highest BCUT2D eigenvalue weighted by Crippen LogP contribution is 2.22. The fourth-order valence-electron chi connectivity index (χ4n) is 1.90. The Morgan fingerprint density at radius 1 is 1.32 bits per heavy atom. The van der Waals surface area contributed by atoms with Gasteiger partial charge in [0, 0.05) is 6.54 Å². The topological polar surface area (TPSA) is 86.0 Å². The zero-order valence-electron chi connectivity index (χ0n) is 11.3. The van der Waals surface area contributed by atoms with Crippen molar-refractivity contribution in [2.24, 2.45) is 5.92 Å². The number of hydrogen-bond donors (Lipinski definition) is 2. The molecule has 19 heavy (non-hydrogen) atoms. The number of aromatic nitrogens is 3. The van der Waals surface area contributed by atoms with Gasteiger partial charge >= 0.3 is 6.01 Å². The average Bonchev–Trinajstić information content (AvgIpc) is 2.43. The first kappa shape index (κ1) is 14.2. The van der Waals surface area contributed by atoms with Crippen molar-refractivity contribution >= 4 is 23.7 Å². The first-order chi connectivity index (χ1) is 9.28. The van der Waals surface area contributed by atoms with Crippen LogP contribution in [0.3, 0.4) is 0 Å². The highest BCUT2D eigenvalue weighted by molar-refractivity contribution is 7.99. The van der Waals surface area contributed by atoms with Gasteiger partial charge in [-0.1, -0.05) is 6.92 Å². The van der Waals surface area contributed by atoms with E-state index in [9.17, 15) is 0 Å². The minimum absolute atomic E-state index is 0.197. The maximum atomic E-state index is 5.65. The standard InChI is InChI=1S/C12H21N5OS/c1-2-5-18-12-16-10(13)15-11(17-12)14-8-9-3-6-19-7-4-9/h9H,2-8H2,1H3,(H3,13,14,15,16,17). The lowest BCUT2D eigenvalue weighted by molar-refractivity contribution is 0.292. The minimum atomic E-state index is 0.197. The van der Waals surface area contributed by atoms with E-state index >= 15 is 0 Å². The minimum Gasteiger partial charge on any atom is -0.463 e. The molecule has 106 valence electrons. The Kier molecular flexibility index (Phi) is 5.50. The summed E-state index contributed by atoms with van der Waals surface area (Å²) < 4.78 is 5.38. The molecule has 1 aliphatic heterocycles. The molecule has 3 N–H and O–H groups in total. The van der Waals surface area contributed by atoms with Gasteiger partial charge in [0.05, 0.1) is 6.61 Å². The van der Waals surface area contributed by atoms with Crippen molar-refractivity contribution in [3.63, 3.8) is 0 Å². The molecule has 1 fully saturated rings. The van der Waals surface area contributed by atoms with E-state index in [4.69, 9.17) is 10.5 Å². The lowest BCUT2D eigenvalue weighted by Gasteiger charge is -2.21. The van der Waals surface area contributed by atoms with Crippen molar-refractivity contribution in [2.75, 3.05) is 35.7 Å². The molecule has 6 nitrogen and oxygen atoms in total. The van der Waals surface area contributed by atoms with E-state index in [-0.39, 0.29) is 5.95 Å². The number of ether oxygens (including phenoxy) is 1. The van der Waals surface area contributed by atoms with Gasteiger partial charge in [-0.15, -0.1) is 0 Å². The second-order valence-corrected chi connectivity index (χ2v) is 5.81. The summed E-state index contributed by atoms with van der Waals surface area (Å²) in [6.07, 6.45) is 3.41. The lowest BCUT2D eigenvalue weighted by atomic mass is 10.0. The van der Waals surface area contributed by atoms with Crippen molar-refractivity contribution in [2.45, 2.75) is 26.2 Å². The molecule has 2 rings (SSSR count). The van der Waals surface area contributed by atoms with E-state index in [0.717, 1.165) is 13.0 Å². The molecule has 0 atom stereocenters. The van der Waals surface area contributed by atoms with Gasteiger partial charge in [0.2, 0.25) is 11.9 Å². The Labute approximate surface area is 117 Å². The molecule has 0 spiro atoms. The monoisotopic (exact) mass is 283 g/mol. The van der Waals surface area contributed by atoms with Crippen molar-refractivity contribution in [1.29, 1.82) is 0 Å². The number of hydrogen-bond acceptors (Lipinski definition) is 7. The van der Waals surface area contributed by atoms with Gasteiger partial charge in [-0.2, -0.15) is 26.7 Å². The molecule has 0 aromatic carbocycles. The van der Waals surface area contributed by atoms with E-state index in [1.807, 2.05) is 18.7 Å². The Balaban J connectivity index is 1.89. The third-order valence-corrected chi connectivity index (χ3v) is 4.01. The maximum Gasteiger partial charge on any atom is 0.323 e. The number of nitrogen functional groups attached to an aromatic ring is 1. The Bertz CT molecular complexity index is 398. The second-order valence-electron chi connectivity index (χ2n) is 4.58. The molecule has 1 aliphatic rings. The molecule has 0 bridgehead atoms. The fraction of sp³-hybridized carbons (Fsp3) is 0.750. The smallest absolute Gasteiger partial charge is 0.323 e. The summed E-state index contributed by atoms with van der Waals surface area (Å²) in [7, 11) is 0. The predicted octanol–water partition coefficient (Wildman–Crippen LogP) is 1.80. The normalized spacial score (nSPS) is 16.3. The van der Waals surface area contributed by atoms with Crippen molar-refractivity contribution in [3.05, 3.63) is 0 Å². The molecule has 0 amide bonds. The van der Waals surface area contributed by atoms with Gasteiger partial charge in [0.25, 0.3) is 0 Å². The summed E-state index contributed by atoms with van der Waals surface area (Å²) in [6.45, 7) is 3.50. The summed E-state index contributed by atoms with van der Waals surface area (Å²) in [4.78, 5) is 12.3. The second kappa shape index (κ2) is 7.37. The van der Waals surface area contributed by atoms with Crippen LogP contribution in [0.4, 0.5) is 11.9 Å². The quantitative estimate of drug-likeness (QED) is 0.823. The fourth-order valence-corrected chi connectivity index (χ4v) is 3.10. The Morgan fingerprint density at radius 3 is 2.84 bits per heavy atom. The van der Waals surface area contributed by atoms with E-state index in [0.29, 0.717) is 24.5 Å². The van der Waals surface area contributed by atoms with Gasteiger partial charge in [-0.05, 0) is 36.7 Å². The first-order valence-corrected chi connectivity index (χ1v) is 7.89. The highest BCUT2D eigenvalue weighted by Gasteiger charge is 2.14. The third-order valence-electron chi connectivity index (χ3n) is 2.96. The van der Waals surface area contributed by atoms with E-state index in [1.54, 1.807) is 0 Å². The van der Waals surface area contributed by atoms with E-state index < -0.39 is 0 Å². The van der Waals surface area contributed by atoms with Crippen molar-refractivity contribution in [3.8, 4) is 6.01 Å². The molecule has 1 aromatic rings. The molecule has 1 aromatic heterocycles. The molecule has 0 aliphatic carbocycles. The number of nitrogens with zero attached hydrogens (tertiary/aromatic N) is 3. The van der Waals surface area contributed by atoms with Crippen LogP contribution in [-0.2, 0) is 0 Å². The van der Waals surface area contributed by atoms with Gasteiger partial charge in [-0.25, -0.2) is 0 Å². The molecule has 1 saturated heterocycles. The van der Waals surface area contributed by atoms with Crippen molar-refractivity contribution < 1.29 is 4.74 Å². The molecular formula is C12H21N5OS. The van der Waals surface area contributed by atoms with Crippen LogP contribution >= 0.6 is 11.8 Å². The van der Waals surface area contributed by atoms with Gasteiger partial charge in [0.1, 0.15) is 0 Å². The zero-order chi connectivity index (χ0) is 13.5. The van der Waals surface area contributed by atoms with Gasteiger partial charge in [0.15, 0.2) is 0 Å². The van der Waals surface area contributed by atoms with Gasteiger partial charge < -0.3 is 15.8 Å². The largest absolute Gasteiger partial charge is 0.463 e. The highest BCUT2D eigenvalue weighted by atomic mass is 32.2. The van der Waals surface area contributed by atoms with Crippen LogP contribution in [-0.4, -0.2) is 39.6 Å². The SMILES string of the molecule is CCCOc1nc(N)nc(NCC2CCSCC2)n1. The number of anilines is 2. The zero-order valence-corrected chi connectivity index (χ0v) is 12.1. The molecular weight excluding hydrogens is 262 g/mol. The number of thioether (sulfide) groups is 1. The predicted molar refractivity (Wildman–Crippen MR) is 78.6 cm³/mol. The van der Waals surface area contributed by atoms with E-state index in [2.05, 4.69) is 20.3 Å². The lowest BCUT2D eigenvalue weighted by Crippen LogP contribution is -2.20. The summed E-state index contributed by atoms with van der Waals surface area (Å²) in [6, 6.07) is 0.302. The van der Waals surface area contributed by atoms with Crippen LogP contribution in [0.2, 0.25) is 0 Å². The molecule has 0 radical (unpaired) electrons. The molecule has 0 saturated carbocycles. The summed E-state index contributed by atoms with van der Waals surface area (Å²) in [5.74, 6) is 3.89. The summed E-state index contributed by atoms with van der Waals surface area (Å²) >= 11 is 2.03. The first-order valence-electron chi connectivity index (χ1n) is 6.74. The van der Waals surface area contributed by atoms with E-state index in [1.165, 1.54) is 24.3 Å². The molecule has 2 heterocycles. The Hall–Kier alpha value is -1.24. The maximum absolute atomic E-state index is 5.65. The summed E-state index contributed by atoms with van der Waals surface area (Å²) in [5.41, 5.74) is 5.65. The van der Waals surface area contributed by atoms with Crippen LogP contribution in [0.15, 0.2) is 0 Å². The van der Waals surface area contributed by atoms with Gasteiger partial charge in [-0.3, -0.25) is 0 Å². The van der Waals surface area contributed by atoms with Crippen LogP contribution < -0.4 is 15.8 Å². The average molecular weight is 283 g/mol. The number of nitrogens with two attached hydrogens (primary N) is 1. The molecule has 7 heteroatoms. The number of rotatable bonds is 6. The van der Waals surface area contributed by atoms with Crippen LogP contribution in [0.5, 0.6) is 6.01 Å². The summed E-state index contributed by atoms with van der Waals surface area (Å²) in [5, 5.41) is 3.24. The number of nitrogens with one attached hydrogen (secondary N) is 1. The van der Waals surface area contributed by atoms with Crippen LogP contribution in [0.25, 0.3) is 0 Å². The molecule has 0 unspecified atom stereocenters. The van der Waals surface area contributed by atoms with Crippen LogP contribution in [0.1, 0.15) is 26.2 Å².